The molecule has 2 aromatic rings. The van der Waals surface area contributed by atoms with Gasteiger partial charge in [-0.15, -0.1) is 0 Å². The van der Waals surface area contributed by atoms with Gasteiger partial charge in [0, 0.05) is 38.1 Å². The third-order valence-corrected chi connectivity index (χ3v) is 6.59. The summed E-state index contributed by atoms with van der Waals surface area (Å²) in [4.78, 5) is 19.1. The summed E-state index contributed by atoms with van der Waals surface area (Å²) in [7, 11) is 0. The van der Waals surface area contributed by atoms with Gasteiger partial charge in [-0.3, -0.25) is 4.99 Å². The first kappa shape index (κ1) is 26.7. The molecule has 0 spiro atoms. The summed E-state index contributed by atoms with van der Waals surface area (Å²) in [6.07, 6.45) is 12.6. The first-order valence-electron chi connectivity index (χ1n) is 13.7. The van der Waals surface area contributed by atoms with Crippen LogP contribution in [0.4, 0.5) is 16.2 Å². The molecule has 7 nitrogen and oxygen atoms in total. The highest BCUT2D eigenvalue weighted by Gasteiger charge is 2.20. The van der Waals surface area contributed by atoms with Crippen LogP contribution in [0.15, 0.2) is 65.3 Å². The second kappa shape index (κ2) is 15.1. The van der Waals surface area contributed by atoms with E-state index in [4.69, 9.17) is 9.47 Å². The standard InChI is InChI=1S/C30H40N4O3/c35-30(32-17-7-1-2-8-20-36-21-9-6-13-25-11-4-3-5-12-25)33-26-15-16-29-28(23-26)34(19-22-37-29)24-27-14-10-18-31-27/h3-5,11-12,14-16,18,23H,1-2,6-10,13,17,19-22,24H2,(H2,32,33,35). The first-order chi connectivity index (χ1) is 18.3. The van der Waals surface area contributed by atoms with Crippen LogP contribution in [0.25, 0.3) is 0 Å². The fraction of sp³-hybridized carbons (Fsp3) is 0.467. The third kappa shape index (κ3) is 9.25. The topological polar surface area (TPSA) is 75.2 Å². The fourth-order valence-corrected chi connectivity index (χ4v) is 4.57. The number of nitrogens with one attached hydrogen (secondary N) is 2. The Morgan fingerprint density at radius 2 is 1.84 bits per heavy atom. The number of hydrogen-bond acceptors (Lipinski definition) is 5. The molecule has 0 saturated heterocycles. The highest BCUT2D eigenvalue weighted by atomic mass is 16.5. The molecule has 0 saturated carbocycles. The van der Waals surface area contributed by atoms with E-state index in [2.05, 4.69) is 56.9 Å². The van der Waals surface area contributed by atoms with Crippen LogP contribution < -0.4 is 20.3 Å². The average Bonchev–Trinajstić information content (AvgIpc) is 3.43. The van der Waals surface area contributed by atoms with Gasteiger partial charge >= 0.3 is 6.03 Å². The Kier molecular flexibility index (Phi) is 10.9. The van der Waals surface area contributed by atoms with E-state index in [1.165, 1.54) is 12.0 Å². The molecule has 2 aliphatic heterocycles. The molecule has 0 aliphatic carbocycles. The van der Waals surface area contributed by atoms with Crippen LogP contribution in [-0.4, -0.2) is 51.7 Å². The van der Waals surface area contributed by atoms with Crippen LogP contribution in [0.2, 0.25) is 0 Å². The van der Waals surface area contributed by atoms with Crippen LogP contribution in [0.1, 0.15) is 50.5 Å². The van der Waals surface area contributed by atoms with Gasteiger partial charge in [0.05, 0.1) is 24.5 Å². The van der Waals surface area contributed by atoms with Gasteiger partial charge in [-0.05, 0) is 55.9 Å². The van der Waals surface area contributed by atoms with Crippen molar-refractivity contribution >= 4 is 23.6 Å². The van der Waals surface area contributed by atoms with Gasteiger partial charge < -0.3 is 25.0 Å². The van der Waals surface area contributed by atoms with Crippen molar-refractivity contribution in [2.45, 2.75) is 51.4 Å². The van der Waals surface area contributed by atoms with Gasteiger partial charge in [0.25, 0.3) is 0 Å². The molecule has 0 fully saturated rings. The molecule has 0 atom stereocenters. The number of anilines is 2. The molecule has 0 radical (unpaired) electrons. The molecule has 2 aliphatic rings. The first-order valence-corrected chi connectivity index (χ1v) is 13.7. The van der Waals surface area contributed by atoms with Gasteiger partial charge in [0.2, 0.25) is 0 Å². The van der Waals surface area contributed by atoms with E-state index < -0.39 is 0 Å². The van der Waals surface area contributed by atoms with E-state index in [-0.39, 0.29) is 6.03 Å². The van der Waals surface area contributed by atoms with Crippen molar-refractivity contribution in [2.75, 3.05) is 49.7 Å². The molecule has 7 heteroatoms. The Morgan fingerprint density at radius 3 is 2.68 bits per heavy atom. The van der Waals surface area contributed by atoms with Gasteiger partial charge in [-0.25, -0.2) is 4.79 Å². The Hall–Kier alpha value is -3.32. The number of ether oxygens (including phenoxy) is 2. The summed E-state index contributed by atoms with van der Waals surface area (Å²) in [5.74, 6) is 0.843. The van der Waals surface area contributed by atoms with Crippen LogP contribution in [0.3, 0.4) is 0 Å². The number of allylic oxidation sites excluding steroid dienone is 1. The monoisotopic (exact) mass is 504 g/mol. The number of aryl methyl sites for hydroxylation is 1. The van der Waals surface area contributed by atoms with Crippen molar-refractivity contribution < 1.29 is 14.3 Å². The molecule has 37 heavy (non-hydrogen) atoms. The van der Waals surface area contributed by atoms with Crippen LogP contribution in [0, 0.1) is 0 Å². The lowest BCUT2D eigenvalue weighted by Gasteiger charge is -2.31. The minimum Gasteiger partial charge on any atom is -0.490 e. The predicted molar refractivity (Wildman–Crippen MR) is 151 cm³/mol. The van der Waals surface area contributed by atoms with Crippen LogP contribution in [0.5, 0.6) is 5.75 Å². The largest absolute Gasteiger partial charge is 0.490 e. The quantitative estimate of drug-likeness (QED) is 0.293. The molecule has 0 unspecified atom stereocenters. The molecule has 2 aromatic carbocycles. The zero-order valence-corrected chi connectivity index (χ0v) is 21.8. The maximum absolute atomic E-state index is 12.4. The van der Waals surface area contributed by atoms with E-state index in [1.807, 2.05) is 24.4 Å². The summed E-state index contributed by atoms with van der Waals surface area (Å²) < 4.78 is 11.6. The van der Waals surface area contributed by atoms with Crippen molar-refractivity contribution in [1.29, 1.82) is 0 Å². The molecule has 2 amide bonds. The number of carbonyl (C=O) groups excluding carboxylic acids is 1. The molecule has 2 heterocycles. The molecule has 2 N–H and O–H groups in total. The smallest absolute Gasteiger partial charge is 0.319 e. The normalized spacial score (nSPS) is 14.2. The SMILES string of the molecule is O=C(NCCCCCCOCCCCc1ccccc1)Nc1ccc2c(c1)N(CC1=CCC=N1)CCO2. The highest BCUT2D eigenvalue weighted by Crippen LogP contribution is 2.34. The highest BCUT2D eigenvalue weighted by molar-refractivity contribution is 5.90. The Labute approximate surface area is 220 Å². The summed E-state index contributed by atoms with van der Waals surface area (Å²) >= 11 is 0. The predicted octanol–water partition coefficient (Wildman–Crippen LogP) is 5.97. The second-order valence-electron chi connectivity index (χ2n) is 9.55. The summed E-state index contributed by atoms with van der Waals surface area (Å²) in [6, 6.07) is 16.2. The van der Waals surface area contributed by atoms with E-state index >= 15 is 0 Å². The zero-order valence-electron chi connectivity index (χ0n) is 21.8. The van der Waals surface area contributed by atoms with E-state index in [9.17, 15) is 4.79 Å². The average molecular weight is 505 g/mol. The lowest BCUT2D eigenvalue weighted by molar-refractivity contribution is 0.126. The molecular weight excluding hydrogens is 464 g/mol. The number of nitrogens with zero attached hydrogens (tertiary/aromatic N) is 2. The molecule has 4 rings (SSSR count). The Balaban J connectivity index is 1.03. The number of carbonyl (C=O) groups is 1. The van der Waals surface area contributed by atoms with E-state index in [1.54, 1.807) is 0 Å². The van der Waals surface area contributed by atoms with Crippen LogP contribution >= 0.6 is 0 Å². The second-order valence-corrected chi connectivity index (χ2v) is 9.55. The van der Waals surface area contributed by atoms with Crippen molar-refractivity contribution in [2.24, 2.45) is 4.99 Å². The minimum atomic E-state index is -0.176. The van der Waals surface area contributed by atoms with Crippen molar-refractivity contribution in [1.82, 2.24) is 5.32 Å². The third-order valence-electron chi connectivity index (χ3n) is 6.59. The van der Waals surface area contributed by atoms with E-state index in [0.29, 0.717) is 13.2 Å². The van der Waals surface area contributed by atoms with Crippen molar-refractivity contribution in [3.8, 4) is 5.75 Å². The molecule has 0 bridgehead atoms. The zero-order chi connectivity index (χ0) is 25.5. The van der Waals surface area contributed by atoms with Crippen LogP contribution in [-0.2, 0) is 11.2 Å². The molecule has 0 aromatic heterocycles. The summed E-state index contributed by atoms with van der Waals surface area (Å²) in [5.41, 5.74) is 4.23. The number of benzene rings is 2. The minimum absolute atomic E-state index is 0.176. The number of hydrogen-bond donors (Lipinski definition) is 2. The number of aliphatic imine (C=N–C) groups is 1. The van der Waals surface area contributed by atoms with E-state index in [0.717, 1.165) is 94.1 Å². The maximum atomic E-state index is 12.4. The maximum Gasteiger partial charge on any atom is 0.319 e. The summed E-state index contributed by atoms with van der Waals surface area (Å²) in [5, 5.41) is 5.92. The van der Waals surface area contributed by atoms with Gasteiger partial charge in [0.15, 0.2) is 0 Å². The van der Waals surface area contributed by atoms with Crippen molar-refractivity contribution in [3.63, 3.8) is 0 Å². The van der Waals surface area contributed by atoms with Crippen molar-refractivity contribution in [3.05, 3.63) is 65.9 Å². The lowest BCUT2D eigenvalue weighted by Crippen LogP contribution is -2.34. The summed E-state index contributed by atoms with van der Waals surface area (Å²) in [6.45, 7) is 4.53. The number of urea groups is 1. The lowest BCUT2D eigenvalue weighted by atomic mass is 10.1. The number of fused-ring (bicyclic) bond motifs is 1. The van der Waals surface area contributed by atoms with Gasteiger partial charge in [-0.1, -0.05) is 49.2 Å². The Morgan fingerprint density at radius 1 is 1.00 bits per heavy atom. The Bertz CT molecular complexity index is 1040. The fourth-order valence-electron chi connectivity index (χ4n) is 4.57. The number of rotatable bonds is 15. The molecule has 198 valence electrons. The molecular formula is C30H40N4O3. The number of unbranched alkanes of at least 4 members (excludes halogenated alkanes) is 4. The van der Waals surface area contributed by atoms with Gasteiger partial charge in [-0.2, -0.15) is 0 Å². The van der Waals surface area contributed by atoms with Gasteiger partial charge in [0.1, 0.15) is 12.4 Å². The number of amides is 2.